The van der Waals surface area contributed by atoms with E-state index >= 15 is 0 Å². The number of fused-ring (bicyclic) bond motifs is 3. The molecule has 156 valence electrons. The first-order chi connectivity index (χ1) is 14.5. The van der Waals surface area contributed by atoms with Crippen molar-refractivity contribution in [1.29, 1.82) is 0 Å². The van der Waals surface area contributed by atoms with Gasteiger partial charge in [-0.15, -0.1) is 11.3 Å². The average Bonchev–Trinajstić information content (AvgIpc) is 3.41. The van der Waals surface area contributed by atoms with Crippen LogP contribution >= 0.6 is 11.3 Å². The summed E-state index contributed by atoms with van der Waals surface area (Å²) in [5.41, 5.74) is 4.95. The molecule has 7 heteroatoms. The van der Waals surface area contributed by atoms with Gasteiger partial charge in [0.15, 0.2) is 4.96 Å². The molecule has 0 spiro atoms. The minimum Gasteiger partial charge on any atom is -0.456 e. The fourth-order valence-electron chi connectivity index (χ4n) is 4.43. The van der Waals surface area contributed by atoms with Gasteiger partial charge in [-0.25, -0.2) is 9.78 Å². The first-order valence-corrected chi connectivity index (χ1v) is 11.4. The molecular formula is C23H25N3O3S. The van der Waals surface area contributed by atoms with Crippen LogP contribution in [0.5, 0.6) is 0 Å². The van der Waals surface area contributed by atoms with Crippen molar-refractivity contribution in [3.8, 4) is 0 Å². The van der Waals surface area contributed by atoms with Gasteiger partial charge in [0.1, 0.15) is 6.61 Å². The van der Waals surface area contributed by atoms with Gasteiger partial charge in [0.05, 0.1) is 5.69 Å². The number of esters is 1. The van der Waals surface area contributed by atoms with E-state index in [0.29, 0.717) is 16.7 Å². The molecule has 5 rings (SSSR count). The van der Waals surface area contributed by atoms with Gasteiger partial charge in [-0.2, -0.15) is 0 Å². The number of thiazole rings is 1. The SMILES string of the molecule is Cc1cc(/C=C/C(=O)OCc2cc(=O)n3c4c(sc3n2)CCCC4)c(C)n1C1CC1. The molecule has 0 bridgehead atoms. The van der Waals surface area contributed by atoms with E-state index < -0.39 is 5.97 Å². The predicted molar refractivity (Wildman–Crippen MR) is 117 cm³/mol. The molecule has 3 aromatic rings. The summed E-state index contributed by atoms with van der Waals surface area (Å²) in [5.74, 6) is -0.432. The molecule has 0 aliphatic heterocycles. The van der Waals surface area contributed by atoms with Crippen LogP contribution in [0.25, 0.3) is 11.0 Å². The van der Waals surface area contributed by atoms with Crippen LogP contribution in [0, 0.1) is 13.8 Å². The molecule has 0 aromatic carbocycles. The third-order valence-electron chi connectivity index (χ3n) is 6.01. The highest BCUT2D eigenvalue weighted by molar-refractivity contribution is 7.17. The van der Waals surface area contributed by atoms with Crippen molar-refractivity contribution in [2.24, 2.45) is 0 Å². The average molecular weight is 424 g/mol. The molecule has 3 aromatic heterocycles. The lowest BCUT2D eigenvalue weighted by Crippen LogP contribution is -2.18. The molecule has 1 fully saturated rings. The standard InChI is InChI=1S/C23H25N3O3S/c1-14-11-16(15(2)25(14)18-8-9-18)7-10-22(28)29-13-17-12-21(27)26-19-5-3-4-6-20(19)30-23(26)24-17/h7,10-12,18H,3-6,8-9,13H2,1-2H3/b10-7+. The zero-order valence-corrected chi connectivity index (χ0v) is 18.1. The number of hydrogen-bond donors (Lipinski definition) is 0. The van der Waals surface area contributed by atoms with E-state index in [2.05, 4.69) is 29.5 Å². The molecule has 0 unspecified atom stereocenters. The van der Waals surface area contributed by atoms with Crippen molar-refractivity contribution in [1.82, 2.24) is 14.0 Å². The normalized spacial score (nSPS) is 16.3. The zero-order valence-electron chi connectivity index (χ0n) is 17.3. The largest absolute Gasteiger partial charge is 0.456 e. The molecule has 0 radical (unpaired) electrons. The number of aromatic nitrogens is 3. The smallest absolute Gasteiger partial charge is 0.331 e. The van der Waals surface area contributed by atoms with Crippen LogP contribution in [-0.2, 0) is 29.0 Å². The lowest BCUT2D eigenvalue weighted by molar-refractivity contribution is -0.139. The van der Waals surface area contributed by atoms with E-state index in [9.17, 15) is 9.59 Å². The van der Waals surface area contributed by atoms with Gasteiger partial charge in [-0.05, 0) is 70.1 Å². The second kappa shape index (κ2) is 7.54. The highest BCUT2D eigenvalue weighted by atomic mass is 32.1. The Morgan fingerprint density at radius 1 is 1.27 bits per heavy atom. The first-order valence-electron chi connectivity index (χ1n) is 10.6. The molecule has 0 saturated heterocycles. The lowest BCUT2D eigenvalue weighted by Gasteiger charge is -2.10. The minimum atomic E-state index is -0.432. The number of hydrogen-bond acceptors (Lipinski definition) is 5. The van der Waals surface area contributed by atoms with Crippen LogP contribution in [0.4, 0.5) is 0 Å². The van der Waals surface area contributed by atoms with Crippen LogP contribution in [0.2, 0.25) is 0 Å². The molecule has 3 heterocycles. The zero-order chi connectivity index (χ0) is 20.8. The summed E-state index contributed by atoms with van der Waals surface area (Å²) in [4.78, 5) is 31.3. The summed E-state index contributed by atoms with van der Waals surface area (Å²) < 4.78 is 9.42. The summed E-state index contributed by atoms with van der Waals surface area (Å²) in [6.45, 7) is 4.19. The minimum absolute atomic E-state index is 0.00141. The van der Waals surface area contributed by atoms with Crippen molar-refractivity contribution in [2.75, 3.05) is 0 Å². The number of carbonyl (C=O) groups is 1. The predicted octanol–water partition coefficient (Wildman–Crippen LogP) is 4.14. The molecule has 0 N–H and O–H groups in total. The second-order valence-electron chi connectivity index (χ2n) is 8.25. The Hall–Kier alpha value is -2.67. The van der Waals surface area contributed by atoms with Crippen molar-refractivity contribution in [2.45, 2.75) is 65.0 Å². The molecule has 30 heavy (non-hydrogen) atoms. The molecule has 6 nitrogen and oxygen atoms in total. The molecule has 0 atom stereocenters. The Morgan fingerprint density at radius 2 is 2.07 bits per heavy atom. The van der Waals surface area contributed by atoms with Gasteiger partial charge in [-0.3, -0.25) is 9.20 Å². The van der Waals surface area contributed by atoms with E-state index in [-0.39, 0.29) is 12.2 Å². The van der Waals surface area contributed by atoms with E-state index in [1.165, 1.54) is 41.2 Å². The highest BCUT2D eigenvalue weighted by Gasteiger charge is 2.26. The number of rotatable bonds is 5. The number of aryl methyl sites for hydroxylation is 3. The lowest BCUT2D eigenvalue weighted by atomic mass is 10.0. The van der Waals surface area contributed by atoms with E-state index in [0.717, 1.165) is 36.9 Å². The first kappa shape index (κ1) is 19.3. The van der Waals surface area contributed by atoms with Gasteiger partial charge in [0, 0.05) is 40.1 Å². The van der Waals surface area contributed by atoms with Crippen molar-refractivity contribution in [3.05, 3.63) is 61.8 Å². The molecule has 0 amide bonds. The summed E-state index contributed by atoms with van der Waals surface area (Å²) in [6, 6.07) is 4.20. The highest BCUT2D eigenvalue weighted by Crippen LogP contribution is 2.38. The fourth-order valence-corrected chi connectivity index (χ4v) is 5.66. The van der Waals surface area contributed by atoms with Crippen LogP contribution in [-0.4, -0.2) is 19.9 Å². The third-order valence-corrected chi connectivity index (χ3v) is 7.15. The van der Waals surface area contributed by atoms with Crippen molar-refractivity contribution >= 4 is 28.3 Å². The van der Waals surface area contributed by atoms with Crippen LogP contribution in [0.15, 0.2) is 23.0 Å². The summed E-state index contributed by atoms with van der Waals surface area (Å²) in [5, 5.41) is 0. The number of carbonyl (C=O) groups excluding carboxylic acids is 1. The van der Waals surface area contributed by atoms with E-state index in [4.69, 9.17) is 4.74 Å². The number of nitrogens with zero attached hydrogens (tertiary/aromatic N) is 3. The molecular weight excluding hydrogens is 398 g/mol. The molecule has 2 aliphatic rings. The van der Waals surface area contributed by atoms with Gasteiger partial charge < -0.3 is 9.30 Å². The van der Waals surface area contributed by atoms with E-state index in [1.807, 2.05) is 6.08 Å². The van der Waals surface area contributed by atoms with Gasteiger partial charge in [-0.1, -0.05) is 0 Å². The summed E-state index contributed by atoms with van der Waals surface area (Å²) >= 11 is 1.58. The van der Waals surface area contributed by atoms with Crippen molar-refractivity contribution in [3.63, 3.8) is 0 Å². The van der Waals surface area contributed by atoms with Crippen LogP contribution < -0.4 is 5.56 Å². The van der Waals surface area contributed by atoms with Gasteiger partial charge >= 0.3 is 5.97 Å². The Bertz CT molecular complexity index is 1230. The Balaban J connectivity index is 1.28. The van der Waals surface area contributed by atoms with Gasteiger partial charge in [0.2, 0.25) is 0 Å². The van der Waals surface area contributed by atoms with E-state index in [1.54, 1.807) is 15.7 Å². The second-order valence-corrected chi connectivity index (χ2v) is 9.31. The maximum absolute atomic E-state index is 12.6. The topological polar surface area (TPSA) is 65.6 Å². The number of ether oxygens (including phenoxy) is 1. The maximum Gasteiger partial charge on any atom is 0.331 e. The van der Waals surface area contributed by atoms with Crippen LogP contribution in [0.3, 0.4) is 0 Å². The molecule has 1 saturated carbocycles. The monoisotopic (exact) mass is 423 g/mol. The maximum atomic E-state index is 12.6. The Morgan fingerprint density at radius 3 is 2.87 bits per heavy atom. The summed E-state index contributed by atoms with van der Waals surface area (Å²) in [7, 11) is 0. The Kier molecular flexibility index (Phi) is 4.85. The Labute approximate surface area is 178 Å². The third kappa shape index (κ3) is 3.51. The summed E-state index contributed by atoms with van der Waals surface area (Å²) in [6.07, 6.45) is 9.93. The fraction of sp³-hybridized carbons (Fsp3) is 0.435. The molecule has 2 aliphatic carbocycles. The quantitative estimate of drug-likeness (QED) is 0.457. The van der Waals surface area contributed by atoms with Crippen molar-refractivity contribution < 1.29 is 9.53 Å². The van der Waals surface area contributed by atoms with Gasteiger partial charge in [0.25, 0.3) is 5.56 Å². The van der Waals surface area contributed by atoms with Crippen LogP contribution in [0.1, 0.15) is 64.9 Å².